The molecule has 144 valence electrons. The van der Waals surface area contributed by atoms with E-state index in [0.717, 1.165) is 5.56 Å². The van der Waals surface area contributed by atoms with E-state index in [0.29, 0.717) is 22.1 Å². The van der Waals surface area contributed by atoms with Gasteiger partial charge in [-0.3, -0.25) is 9.59 Å². The van der Waals surface area contributed by atoms with Crippen molar-refractivity contribution in [1.29, 1.82) is 0 Å². The minimum Gasteiger partial charge on any atom is -0.495 e. The van der Waals surface area contributed by atoms with E-state index in [1.54, 1.807) is 12.1 Å². The van der Waals surface area contributed by atoms with Gasteiger partial charge in [0.1, 0.15) is 12.2 Å². The first-order valence-corrected chi connectivity index (χ1v) is 9.02. The number of ether oxygens (including phenoxy) is 1. The fraction of sp³-hybridized carbons (Fsp3) is 0.333. The van der Waals surface area contributed by atoms with Crippen LogP contribution in [0.15, 0.2) is 36.4 Å². The summed E-state index contributed by atoms with van der Waals surface area (Å²) >= 11 is 6.06. The highest BCUT2D eigenvalue weighted by molar-refractivity contribution is 6.31. The van der Waals surface area contributed by atoms with Crippen LogP contribution in [0.3, 0.4) is 0 Å². The van der Waals surface area contributed by atoms with Crippen molar-refractivity contribution in [3.63, 3.8) is 0 Å². The predicted molar refractivity (Wildman–Crippen MR) is 110 cm³/mol. The van der Waals surface area contributed by atoms with Crippen LogP contribution in [-0.2, 0) is 15.0 Å². The van der Waals surface area contributed by atoms with Crippen molar-refractivity contribution in [3.8, 4) is 5.75 Å². The molecule has 2 aromatic carbocycles. The number of hydrogen-bond acceptors (Lipinski definition) is 3. The van der Waals surface area contributed by atoms with Gasteiger partial charge in [-0.1, -0.05) is 44.5 Å². The van der Waals surface area contributed by atoms with Gasteiger partial charge in [-0.2, -0.15) is 0 Å². The van der Waals surface area contributed by atoms with Gasteiger partial charge in [-0.15, -0.1) is 0 Å². The molecule has 0 unspecified atom stereocenters. The molecule has 2 amide bonds. The smallest absolute Gasteiger partial charge is 0.233 e. The zero-order chi connectivity index (χ0) is 20.2. The molecule has 0 radical (unpaired) electrons. The second-order valence-electron chi connectivity index (χ2n) is 7.40. The number of carbonyl (C=O) groups is 2. The lowest BCUT2D eigenvalue weighted by Crippen LogP contribution is -2.21. The highest BCUT2D eigenvalue weighted by atomic mass is 35.5. The molecule has 27 heavy (non-hydrogen) atoms. The van der Waals surface area contributed by atoms with Crippen molar-refractivity contribution in [2.75, 3.05) is 17.7 Å². The minimum absolute atomic E-state index is 0.0399. The van der Waals surface area contributed by atoms with Gasteiger partial charge in [0.15, 0.2) is 0 Å². The maximum Gasteiger partial charge on any atom is 0.233 e. The molecular formula is C21H25ClN2O3. The maximum atomic E-state index is 12.2. The van der Waals surface area contributed by atoms with E-state index >= 15 is 0 Å². The maximum absolute atomic E-state index is 12.2. The first kappa shape index (κ1) is 20.8. The molecule has 0 heterocycles. The number of halogens is 1. The van der Waals surface area contributed by atoms with Crippen LogP contribution in [0.5, 0.6) is 5.75 Å². The monoisotopic (exact) mass is 388 g/mol. The number of benzene rings is 2. The number of carbonyl (C=O) groups excluding carboxylic acids is 2. The summed E-state index contributed by atoms with van der Waals surface area (Å²) in [7, 11) is 1.49. The van der Waals surface area contributed by atoms with E-state index in [9.17, 15) is 9.59 Å². The molecule has 0 aliphatic carbocycles. The van der Waals surface area contributed by atoms with Crippen molar-refractivity contribution in [2.24, 2.45) is 0 Å². The van der Waals surface area contributed by atoms with E-state index in [2.05, 4.69) is 31.4 Å². The van der Waals surface area contributed by atoms with E-state index in [1.165, 1.54) is 12.7 Å². The lowest BCUT2D eigenvalue weighted by molar-refractivity contribution is -0.123. The van der Waals surface area contributed by atoms with Crippen LogP contribution < -0.4 is 15.4 Å². The Kier molecular flexibility index (Phi) is 6.50. The predicted octanol–water partition coefficient (Wildman–Crippen LogP) is 4.92. The largest absolute Gasteiger partial charge is 0.495 e. The Labute approximate surface area is 165 Å². The van der Waals surface area contributed by atoms with Crippen LogP contribution in [0.2, 0.25) is 5.02 Å². The summed E-state index contributed by atoms with van der Waals surface area (Å²) in [5.74, 6) is -0.378. The molecule has 0 atom stereocenters. The molecule has 2 aromatic rings. The second kappa shape index (κ2) is 8.44. The molecule has 0 spiro atoms. The van der Waals surface area contributed by atoms with Crippen molar-refractivity contribution < 1.29 is 14.3 Å². The molecule has 2 N–H and O–H groups in total. The summed E-state index contributed by atoms with van der Waals surface area (Å²) < 4.78 is 5.22. The molecule has 0 saturated carbocycles. The van der Waals surface area contributed by atoms with Crippen LogP contribution in [0, 0.1) is 6.92 Å². The minimum atomic E-state index is -0.432. The first-order valence-electron chi connectivity index (χ1n) is 8.64. The van der Waals surface area contributed by atoms with Crippen LogP contribution in [-0.4, -0.2) is 18.9 Å². The topological polar surface area (TPSA) is 67.4 Å². The number of aryl methyl sites for hydroxylation is 1. The Balaban J connectivity index is 1.98. The number of amides is 2. The summed E-state index contributed by atoms with van der Waals surface area (Å²) in [5, 5.41) is 5.97. The molecule has 2 rings (SSSR count). The average molecular weight is 389 g/mol. The van der Waals surface area contributed by atoms with Crippen LogP contribution >= 0.6 is 11.6 Å². The quantitative estimate of drug-likeness (QED) is 0.714. The summed E-state index contributed by atoms with van der Waals surface area (Å²) in [6, 6.07) is 10.9. The number of anilines is 2. The molecule has 6 heteroatoms. The third kappa shape index (κ3) is 5.73. The van der Waals surface area contributed by atoms with E-state index in [4.69, 9.17) is 16.3 Å². The molecule has 0 aromatic heterocycles. The summed E-state index contributed by atoms with van der Waals surface area (Å²) in [5.41, 5.74) is 3.14. The normalized spacial score (nSPS) is 11.0. The van der Waals surface area contributed by atoms with Crippen LogP contribution in [0.25, 0.3) is 0 Å². The van der Waals surface area contributed by atoms with E-state index < -0.39 is 5.91 Å². The zero-order valence-electron chi connectivity index (χ0n) is 16.3. The molecule has 0 bridgehead atoms. The molecule has 0 aliphatic heterocycles. The molecule has 0 fully saturated rings. The summed E-state index contributed by atoms with van der Waals surface area (Å²) in [6.07, 6.45) is -0.300. The fourth-order valence-corrected chi connectivity index (χ4v) is 2.68. The summed E-state index contributed by atoms with van der Waals surface area (Å²) in [6.45, 7) is 8.19. The standard InChI is InChI=1S/C21H25ClN2O3/c1-13-10-17(18(27-5)11-16(13)22)24-20(26)12-19(25)23-15-8-6-14(7-9-15)21(2,3)4/h6-11H,12H2,1-5H3,(H,23,25)(H,24,26). The van der Waals surface area contributed by atoms with Gasteiger partial charge in [-0.05, 0) is 41.7 Å². The van der Waals surface area contributed by atoms with Gasteiger partial charge in [0.05, 0.1) is 12.8 Å². The van der Waals surface area contributed by atoms with E-state index in [1.807, 2.05) is 31.2 Å². The Morgan fingerprint density at radius 3 is 2.19 bits per heavy atom. The van der Waals surface area contributed by atoms with Crippen molar-refractivity contribution in [2.45, 2.75) is 39.5 Å². The van der Waals surface area contributed by atoms with E-state index in [-0.39, 0.29) is 17.7 Å². The molecule has 0 aliphatic rings. The summed E-state index contributed by atoms with van der Waals surface area (Å²) in [4.78, 5) is 24.3. The fourth-order valence-electron chi connectivity index (χ4n) is 2.53. The van der Waals surface area contributed by atoms with Crippen LogP contribution in [0.1, 0.15) is 38.3 Å². The van der Waals surface area contributed by atoms with Gasteiger partial charge < -0.3 is 15.4 Å². The van der Waals surface area contributed by atoms with Crippen molar-refractivity contribution in [1.82, 2.24) is 0 Å². The second-order valence-corrected chi connectivity index (χ2v) is 7.81. The first-order chi connectivity index (χ1) is 12.6. The molecule has 0 saturated heterocycles. The number of methoxy groups -OCH3 is 1. The number of rotatable bonds is 5. The zero-order valence-corrected chi connectivity index (χ0v) is 17.0. The number of hydrogen-bond donors (Lipinski definition) is 2. The van der Waals surface area contributed by atoms with Crippen molar-refractivity contribution in [3.05, 3.63) is 52.5 Å². The highest BCUT2D eigenvalue weighted by Crippen LogP contribution is 2.31. The Bertz CT molecular complexity index is 840. The number of nitrogens with one attached hydrogen (secondary N) is 2. The average Bonchev–Trinajstić information content (AvgIpc) is 2.57. The Morgan fingerprint density at radius 1 is 1.04 bits per heavy atom. The molecular weight excluding hydrogens is 364 g/mol. The third-order valence-corrected chi connectivity index (χ3v) is 4.52. The van der Waals surface area contributed by atoms with Gasteiger partial charge in [0.25, 0.3) is 0 Å². The van der Waals surface area contributed by atoms with Gasteiger partial charge in [0.2, 0.25) is 11.8 Å². The lowest BCUT2D eigenvalue weighted by atomic mass is 9.87. The lowest BCUT2D eigenvalue weighted by Gasteiger charge is -2.19. The molecule has 5 nitrogen and oxygen atoms in total. The SMILES string of the molecule is COc1cc(Cl)c(C)cc1NC(=O)CC(=O)Nc1ccc(C(C)(C)C)cc1. The van der Waals surface area contributed by atoms with Crippen LogP contribution in [0.4, 0.5) is 11.4 Å². The highest BCUT2D eigenvalue weighted by Gasteiger charge is 2.15. The van der Waals surface area contributed by atoms with Crippen molar-refractivity contribution >= 4 is 34.8 Å². The Morgan fingerprint density at radius 2 is 1.63 bits per heavy atom. The third-order valence-electron chi connectivity index (χ3n) is 4.11. The van der Waals surface area contributed by atoms with Gasteiger partial charge in [-0.25, -0.2) is 0 Å². The van der Waals surface area contributed by atoms with Gasteiger partial charge >= 0.3 is 0 Å². The Hall–Kier alpha value is -2.53. The van der Waals surface area contributed by atoms with Gasteiger partial charge in [0, 0.05) is 16.8 Å².